The first-order valence-corrected chi connectivity index (χ1v) is 12.2. The first kappa shape index (κ1) is 25.4. The van der Waals surface area contributed by atoms with Gasteiger partial charge in [-0.15, -0.1) is 0 Å². The van der Waals surface area contributed by atoms with E-state index in [1.165, 1.54) is 0 Å². The van der Waals surface area contributed by atoms with Crippen molar-refractivity contribution in [1.82, 2.24) is 20.3 Å². The first-order chi connectivity index (χ1) is 17.3. The lowest BCUT2D eigenvalue weighted by Crippen LogP contribution is -2.39. The number of fused-ring (bicyclic) bond motifs is 1. The number of hydrogen-bond acceptors (Lipinski definition) is 5. The van der Waals surface area contributed by atoms with Crippen LogP contribution in [-0.2, 0) is 6.42 Å². The number of nitrogens with one attached hydrogen (secondary N) is 4. The molecule has 0 aliphatic rings. The van der Waals surface area contributed by atoms with E-state index in [2.05, 4.69) is 30.9 Å². The van der Waals surface area contributed by atoms with E-state index in [9.17, 15) is 0 Å². The third-order valence-electron chi connectivity index (χ3n) is 5.50. The van der Waals surface area contributed by atoms with Crippen LogP contribution >= 0.6 is 23.8 Å². The van der Waals surface area contributed by atoms with Gasteiger partial charge in [-0.2, -0.15) is 0 Å². The summed E-state index contributed by atoms with van der Waals surface area (Å²) >= 11 is 11.8. The minimum Gasteiger partial charge on any atom is -0.497 e. The lowest BCUT2D eigenvalue weighted by Gasteiger charge is -2.15. The Morgan fingerprint density at radius 2 is 1.83 bits per heavy atom. The molecule has 8 nitrogen and oxygen atoms in total. The van der Waals surface area contributed by atoms with E-state index < -0.39 is 0 Å². The van der Waals surface area contributed by atoms with Crippen LogP contribution < -0.4 is 20.7 Å². The molecule has 0 amide bonds. The normalized spacial score (nSPS) is 11.4. The Morgan fingerprint density at radius 1 is 1.06 bits per heavy atom. The number of methoxy groups -OCH3 is 1. The molecular weight excluding hydrogens is 494 g/mol. The summed E-state index contributed by atoms with van der Waals surface area (Å²) in [4.78, 5) is 17.0. The lowest BCUT2D eigenvalue weighted by atomic mass is 10.1. The number of halogens is 1. The Balaban J connectivity index is 1.51. The molecule has 4 rings (SSSR count). The number of aryl methyl sites for hydroxylation is 3. The molecule has 0 atom stereocenters. The minimum atomic E-state index is 0.363. The number of thiocarbonyl (C=S) groups is 1. The van der Waals surface area contributed by atoms with E-state index in [-0.39, 0.29) is 0 Å². The van der Waals surface area contributed by atoms with E-state index in [4.69, 9.17) is 33.5 Å². The summed E-state index contributed by atoms with van der Waals surface area (Å²) in [5.41, 5.74) is 5.67. The smallest absolute Gasteiger partial charge is 0.229 e. The van der Waals surface area contributed by atoms with Crippen molar-refractivity contribution in [2.24, 2.45) is 4.99 Å². The van der Waals surface area contributed by atoms with Gasteiger partial charge in [-0.05, 0) is 86.9 Å². The van der Waals surface area contributed by atoms with Crippen molar-refractivity contribution >= 4 is 57.4 Å². The van der Waals surface area contributed by atoms with Crippen LogP contribution in [0.1, 0.15) is 22.5 Å². The third kappa shape index (κ3) is 6.50. The van der Waals surface area contributed by atoms with E-state index >= 15 is 0 Å². The Morgan fingerprint density at radius 3 is 2.56 bits per heavy atom. The molecule has 4 aromatic rings. The summed E-state index contributed by atoms with van der Waals surface area (Å²) < 4.78 is 5.38. The molecule has 2 heterocycles. The largest absolute Gasteiger partial charge is 0.497 e. The van der Waals surface area contributed by atoms with E-state index in [1.54, 1.807) is 7.11 Å². The second kappa shape index (κ2) is 11.4. The van der Waals surface area contributed by atoms with Crippen LogP contribution in [0.3, 0.4) is 0 Å². The monoisotopic (exact) mass is 521 g/mol. The highest BCUT2D eigenvalue weighted by molar-refractivity contribution is 7.80. The molecule has 0 spiro atoms. The Labute approximate surface area is 220 Å². The van der Waals surface area contributed by atoms with Crippen LogP contribution in [0.15, 0.2) is 53.7 Å². The summed E-state index contributed by atoms with van der Waals surface area (Å²) in [6.45, 7) is 6.29. The number of guanidine groups is 1. The summed E-state index contributed by atoms with van der Waals surface area (Å²) in [5, 5.41) is 11.6. The number of anilines is 2. The Kier molecular flexibility index (Phi) is 8.02. The summed E-state index contributed by atoms with van der Waals surface area (Å²) in [7, 11) is 1.66. The molecule has 2 aromatic carbocycles. The van der Waals surface area contributed by atoms with Crippen molar-refractivity contribution in [2.75, 3.05) is 24.3 Å². The van der Waals surface area contributed by atoms with Gasteiger partial charge in [-0.3, -0.25) is 10.3 Å². The summed E-state index contributed by atoms with van der Waals surface area (Å²) in [5.74, 6) is 1.69. The highest BCUT2D eigenvalue weighted by atomic mass is 35.5. The van der Waals surface area contributed by atoms with E-state index in [0.29, 0.717) is 35.0 Å². The maximum absolute atomic E-state index is 6.25. The van der Waals surface area contributed by atoms with Crippen molar-refractivity contribution in [1.29, 1.82) is 0 Å². The number of aliphatic imine (C=N–C) groups is 1. The fraction of sp³-hybridized carbons (Fsp3) is 0.231. The van der Waals surface area contributed by atoms with Crippen molar-refractivity contribution < 1.29 is 4.74 Å². The maximum atomic E-state index is 6.25. The number of rotatable bonds is 6. The van der Waals surface area contributed by atoms with Crippen molar-refractivity contribution in [3.8, 4) is 5.75 Å². The highest BCUT2D eigenvalue weighted by Gasteiger charge is 2.09. The number of hydrogen-bond donors (Lipinski definition) is 4. The van der Waals surface area contributed by atoms with Crippen LogP contribution in [0.5, 0.6) is 5.75 Å². The van der Waals surface area contributed by atoms with Crippen molar-refractivity contribution in [2.45, 2.75) is 27.2 Å². The SMILES string of the molecule is COc1ccc2[nH]cc(CCN=C(NC(=S)Nc3ccc(C)c(Cl)c3)Nc3nc(C)cc(C)n3)c2c1. The van der Waals surface area contributed by atoms with Crippen LogP contribution in [0.2, 0.25) is 5.02 Å². The number of nitrogens with zero attached hydrogens (tertiary/aromatic N) is 3. The van der Waals surface area contributed by atoms with E-state index in [0.717, 1.165) is 44.9 Å². The molecule has 4 N–H and O–H groups in total. The predicted molar refractivity (Wildman–Crippen MR) is 152 cm³/mol. The molecule has 0 unspecified atom stereocenters. The average molecular weight is 522 g/mol. The molecule has 0 fully saturated rings. The second-order valence-electron chi connectivity index (χ2n) is 8.35. The van der Waals surface area contributed by atoms with Gasteiger partial charge in [0.1, 0.15) is 5.75 Å². The maximum Gasteiger partial charge on any atom is 0.229 e. The zero-order valence-corrected chi connectivity index (χ0v) is 22.1. The van der Waals surface area contributed by atoms with Gasteiger partial charge < -0.3 is 20.4 Å². The quantitative estimate of drug-likeness (QED) is 0.150. The molecular formula is C26H28ClN7OS. The Hall–Kier alpha value is -3.69. The fourth-order valence-corrected chi connectivity index (χ4v) is 4.11. The van der Waals surface area contributed by atoms with Gasteiger partial charge in [0.25, 0.3) is 0 Å². The zero-order valence-electron chi connectivity index (χ0n) is 20.6. The van der Waals surface area contributed by atoms with Crippen LogP contribution in [0, 0.1) is 20.8 Å². The Bertz CT molecular complexity index is 1410. The topological polar surface area (TPSA) is 99.2 Å². The van der Waals surface area contributed by atoms with Gasteiger partial charge in [0.15, 0.2) is 5.11 Å². The van der Waals surface area contributed by atoms with Gasteiger partial charge in [-0.1, -0.05) is 17.7 Å². The molecule has 2 aromatic heterocycles. The van der Waals surface area contributed by atoms with Crippen LogP contribution in [-0.4, -0.2) is 39.7 Å². The molecule has 186 valence electrons. The third-order valence-corrected chi connectivity index (χ3v) is 6.11. The molecule has 0 saturated heterocycles. The summed E-state index contributed by atoms with van der Waals surface area (Å²) in [6, 6.07) is 13.6. The lowest BCUT2D eigenvalue weighted by molar-refractivity contribution is 0.415. The predicted octanol–water partition coefficient (Wildman–Crippen LogP) is 5.54. The first-order valence-electron chi connectivity index (χ1n) is 11.4. The molecule has 0 aliphatic carbocycles. The number of benzene rings is 2. The minimum absolute atomic E-state index is 0.363. The molecule has 0 bridgehead atoms. The summed E-state index contributed by atoms with van der Waals surface area (Å²) in [6.07, 6.45) is 2.71. The number of ether oxygens (including phenoxy) is 1. The van der Waals surface area contributed by atoms with E-state index in [1.807, 2.05) is 69.4 Å². The molecule has 0 radical (unpaired) electrons. The molecule has 10 heteroatoms. The fourth-order valence-electron chi connectivity index (χ4n) is 3.72. The van der Waals surface area contributed by atoms with Crippen LogP contribution in [0.4, 0.5) is 11.6 Å². The van der Waals surface area contributed by atoms with Gasteiger partial charge in [0.05, 0.1) is 7.11 Å². The molecule has 0 aliphatic heterocycles. The standard InChI is InChI=1S/C26H28ClN7OS/c1-15-5-6-19(12-22(15)27)32-26(36)34-24(33-25-30-16(2)11-17(3)31-25)28-10-9-18-14-29-23-8-7-20(35-4)13-21(18)23/h5-8,11-14,29H,9-10H2,1-4H3,(H3,28,30,31,32,33,34,36). The highest BCUT2D eigenvalue weighted by Crippen LogP contribution is 2.24. The van der Waals surface area contributed by atoms with Gasteiger partial charge >= 0.3 is 0 Å². The molecule has 0 saturated carbocycles. The van der Waals surface area contributed by atoms with Crippen LogP contribution in [0.25, 0.3) is 10.9 Å². The number of H-pyrrole nitrogens is 1. The zero-order chi connectivity index (χ0) is 25.7. The van der Waals surface area contributed by atoms with Crippen molar-refractivity contribution in [3.63, 3.8) is 0 Å². The number of aromatic nitrogens is 3. The second-order valence-corrected chi connectivity index (χ2v) is 9.16. The number of aromatic amines is 1. The van der Waals surface area contributed by atoms with Gasteiger partial charge in [0, 0.05) is 45.7 Å². The van der Waals surface area contributed by atoms with Gasteiger partial charge in [-0.25, -0.2) is 9.97 Å². The molecule has 36 heavy (non-hydrogen) atoms. The van der Waals surface area contributed by atoms with Gasteiger partial charge in [0.2, 0.25) is 11.9 Å². The average Bonchev–Trinajstić information content (AvgIpc) is 3.22. The van der Waals surface area contributed by atoms with Crippen molar-refractivity contribution in [3.05, 3.63) is 76.2 Å².